The van der Waals surface area contributed by atoms with E-state index in [-0.39, 0.29) is 0 Å². The summed E-state index contributed by atoms with van der Waals surface area (Å²) < 4.78 is 33.8. The highest BCUT2D eigenvalue weighted by Gasteiger charge is 2.43. The quantitative estimate of drug-likeness (QED) is 0.729. The van der Waals surface area contributed by atoms with Crippen LogP contribution in [0.15, 0.2) is 59.9 Å². The van der Waals surface area contributed by atoms with E-state index < -0.39 is 18.9 Å². The van der Waals surface area contributed by atoms with Crippen molar-refractivity contribution in [3.8, 4) is 0 Å². The summed E-state index contributed by atoms with van der Waals surface area (Å²) >= 11 is 0. The van der Waals surface area contributed by atoms with Crippen LogP contribution in [0.4, 0.5) is 11.4 Å². The molecule has 2 aromatic rings. The van der Waals surface area contributed by atoms with E-state index in [0.717, 1.165) is 33.9 Å². The van der Waals surface area contributed by atoms with Crippen LogP contribution >= 0.6 is 0 Å². The second-order valence-corrected chi connectivity index (χ2v) is 5.98. The van der Waals surface area contributed by atoms with Gasteiger partial charge in [0.2, 0.25) is 0 Å². The van der Waals surface area contributed by atoms with E-state index >= 15 is 0 Å². The average Bonchev–Trinajstić information content (AvgIpc) is 3.00. The number of rotatable bonds is 1. The zero-order valence-electron chi connectivity index (χ0n) is 17.1. The zero-order chi connectivity index (χ0) is 18.9. The van der Waals surface area contributed by atoms with Gasteiger partial charge in [0, 0.05) is 34.1 Å². The maximum Gasteiger partial charge on any atom is 0.108 e. The molecule has 0 N–H and O–H groups in total. The number of hydrogen-bond acceptors (Lipinski definition) is 2. The molecule has 0 spiro atoms. The van der Waals surface area contributed by atoms with Crippen molar-refractivity contribution in [1.29, 1.82) is 0 Å². The first kappa shape index (κ1) is 9.73. The molecule has 2 atom stereocenters. The molecule has 2 nitrogen and oxygen atoms in total. The number of aryl methyl sites for hydroxylation is 1. The lowest BCUT2D eigenvalue weighted by Crippen LogP contribution is -2.37. The minimum Gasteiger partial charge on any atom is -0.322 e. The third-order valence-electron chi connectivity index (χ3n) is 4.73. The van der Waals surface area contributed by atoms with Gasteiger partial charge < -0.3 is 9.80 Å². The lowest BCUT2D eigenvalue weighted by Gasteiger charge is -2.32. The molecule has 2 heterocycles. The molecule has 0 saturated heterocycles. The minimum absolute atomic E-state index is 0.753. The van der Waals surface area contributed by atoms with Crippen molar-refractivity contribution in [1.82, 2.24) is 0 Å². The highest BCUT2D eigenvalue weighted by molar-refractivity contribution is 5.76. The summed E-state index contributed by atoms with van der Waals surface area (Å²) in [6, 6.07) is 15.5. The maximum absolute atomic E-state index is 9.02. The molecule has 0 saturated carbocycles. The maximum atomic E-state index is 9.02. The van der Waals surface area contributed by atoms with Gasteiger partial charge in [-0.15, -0.1) is 0 Å². The molecule has 2 unspecified atom stereocenters. The molecule has 112 valence electrons. The van der Waals surface area contributed by atoms with Crippen molar-refractivity contribution in [2.45, 2.75) is 39.7 Å². The van der Waals surface area contributed by atoms with Gasteiger partial charge in [-0.1, -0.05) is 43.3 Å². The van der Waals surface area contributed by atoms with Gasteiger partial charge in [-0.3, -0.25) is 0 Å². The number of anilines is 2. The van der Waals surface area contributed by atoms with E-state index in [2.05, 4.69) is 0 Å². The Morgan fingerprint density at radius 1 is 0.955 bits per heavy atom. The van der Waals surface area contributed by atoms with E-state index in [1.807, 2.05) is 79.1 Å². The Hall–Kier alpha value is -2.22. The molecule has 22 heavy (non-hydrogen) atoms. The summed E-state index contributed by atoms with van der Waals surface area (Å²) in [4.78, 5) is 3.75. The molecule has 0 amide bonds. The van der Waals surface area contributed by atoms with Crippen LogP contribution in [0.3, 0.4) is 0 Å². The normalized spacial score (nSPS) is 29.7. The van der Waals surface area contributed by atoms with E-state index in [1.165, 1.54) is 0 Å². The Morgan fingerprint density at radius 2 is 1.64 bits per heavy atom. The number of benzene rings is 2. The van der Waals surface area contributed by atoms with Crippen molar-refractivity contribution in [3.63, 3.8) is 0 Å². The van der Waals surface area contributed by atoms with Crippen molar-refractivity contribution < 1.29 is 5.48 Å². The summed E-state index contributed by atoms with van der Waals surface area (Å²) in [5.41, 5.74) is 5.14. The molecule has 0 bridgehead atoms. The predicted molar refractivity (Wildman–Crippen MR) is 93.2 cm³/mol. The summed E-state index contributed by atoms with van der Waals surface area (Å²) in [6.45, 7) is 3.53. The van der Waals surface area contributed by atoms with Crippen LogP contribution in [0, 0.1) is 6.92 Å². The van der Waals surface area contributed by atoms with Crippen LogP contribution in [0.2, 0.25) is 0 Å². The molecular formula is C20H22N2. The monoisotopic (exact) mass is 294 g/mol. The second-order valence-electron chi connectivity index (χ2n) is 5.98. The fraction of sp³-hybridized carbons (Fsp3) is 0.300. The summed E-state index contributed by atoms with van der Waals surface area (Å²) in [5, 5.41) is 0. The van der Waals surface area contributed by atoms with Gasteiger partial charge in [0.25, 0.3) is 0 Å². The average molecular weight is 294 g/mol. The lowest BCUT2D eigenvalue weighted by molar-refractivity contribution is 0.728. The number of nitrogens with zero attached hydrogens (tertiary/aromatic N) is 2. The van der Waals surface area contributed by atoms with Crippen molar-refractivity contribution in [2.24, 2.45) is 0 Å². The van der Waals surface area contributed by atoms with Gasteiger partial charge in [-0.25, -0.2) is 0 Å². The number of hydrogen-bond donors (Lipinski definition) is 0. The molecule has 0 radical (unpaired) electrons. The molecule has 2 heteroatoms. The van der Waals surface area contributed by atoms with E-state index in [1.54, 1.807) is 0 Å². The van der Waals surface area contributed by atoms with Gasteiger partial charge in [-0.2, -0.15) is 0 Å². The Morgan fingerprint density at radius 3 is 2.36 bits per heavy atom. The molecule has 4 rings (SSSR count). The van der Waals surface area contributed by atoms with Crippen LogP contribution in [-0.2, 0) is 0 Å². The summed E-state index contributed by atoms with van der Waals surface area (Å²) in [7, 11) is 0. The van der Waals surface area contributed by atoms with Gasteiger partial charge in [-0.05, 0) is 44.0 Å². The standard InChI is InChI=1S/C20H22N2/c1-13-9-5-7-11-18(13)21-15(3)20-14(2)17-10-6-8-12-19(17)22(20)16(21)4/h5-12,14,16H,1-4H3/i4D3,14D. The fourth-order valence-corrected chi connectivity index (χ4v) is 3.69. The Labute approximate surface area is 138 Å². The molecule has 0 aromatic heterocycles. The van der Waals surface area contributed by atoms with Gasteiger partial charge in [0.15, 0.2) is 0 Å². The first-order valence-electron chi connectivity index (χ1n) is 9.60. The topological polar surface area (TPSA) is 6.48 Å². The molecule has 0 aliphatic carbocycles. The Bertz CT molecular complexity index is 914. The molecule has 0 fully saturated rings. The lowest BCUT2D eigenvalue weighted by atomic mass is 10.00. The molecule has 2 aliphatic heterocycles. The molecule has 2 aromatic carbocycles. The van der Waals surface area contributed by atoms with E-state index in [4.69, 9.17) is 5.48 Å². The number of para-hydroxylation sites is 2. The van der Waals surface area contributed by atoms with Gasteiger partial charge >= 0.3 is 0 Å². The van der Waals surface area contributed by atoms with Crippen LogP contribution in [0.1, 0.15) is 43.2 Å². The first-order valence-corrected chi connectivity index (χ1v) is 7.60. The van der Waals surface area contributed by atoms with Crippen LogP contribution < -0.4 is 9.80 Å². The van der Waals surface area contributed by atoms with E-state index in [0.29, 0.717) is 0 Å². The molecule has 2 aliphatic rings. The van der Waals surface area contributed by atoms with Crippen molar-refractivity contribution in [3.05, 3.63) is 71.1 Å². The Kier molecular flexibility index (Phi) is 2.05. The Balaban J connectivity index is 2.00. The van der Waals surface area contributed by atoms with Crippen molar-refractivity contribution >= 4 is 11.4 Å². The van der Waals surface area contributed by atoms with Crippen LogP contribution in [-0.4, -0.2) is 6.17 Å². The van der Waals surface area contributed by atoms with Gasteiger partial charge in [0.05, 0.1) is 0 Å². The SMILES string of the molecule is [2H]C1(C)C2=C(C)N(c3ccccc3C)C(C([2H])([2H])[2H])N2c2ccccc21. The summed E-state index contributed by atoms with van der Waals surface area (Å²) in [5.74, 6) is -0.985. The van der Waals surface area contributed by atoms with Gasteiger partial charge in [0.1, 0.15) is 6.17 Å². The third-order valence-corrected chi connectivity index (χ3v) is 4.73. The first-order chi connectivity index (χ1) is 12.2. The minimum atomic E-state index is -2.24. The molecular weight excluding hydrogens is 268 g/mol. The second kappa shape index (κ2) is 4.64. The predicted octanol–water partition coefficient (Wildman–Crippen LogP) is 5.02. The summed E-state index contributed by atoms with van der Waals surface area (Å²) in [6.07, 6.45) is -0.855. The third kappa shape index (κ3) is 1.61. The number of allylic oxidation sites excluding steroid dienone is 2. The highest BCUT2D eigenvalue weighted by Crippen LogP contribution is 2.51. The smallest absolute Gasteiger partial charge is 0.108 e. The van der Waals surface area contributed by atoms with Crippen molar-refractivity contribution in [2.75, 3.05) is 9.80 Å². The van der Waals surface area contributed by atoms with Crippen LogP contribution in [0.5, 0.6) is 0 Å². The zero-order valence-corrected chi connectivity index (χ0v) is 13.1. The van der Waals surface area contributed by atoms with Crippen LogP contribution in [0.25, 0.3) is 0 Å². The number of fused-ring (bicyclic) bond motifs is 3. The highest BCUT2D eigenvalue weighted by atomic mass is 15.4. The largest absolute Gasteiger partial charge is 0.322 e. The van der Waals surface area contributed by atoms with E-state index in [9.17, 15) is 0 Å². The fourth-order valence-electron chi connectivity index (χ4n) is 3.69.